The number of ether oxygens (including phenoxy) is 1. The normalized spacial score (nSPS) is 9.85. The number of carbonyl (C=O) groups is 2. The van der Waals surface area contributed by atoms with Crippen molar-refractivity contribution in [3.8, 4) is 5.75 Å². The number of aromatic nitrogens is 2. The minimum absolute atomic E-state index is 0.234. The molecule has 1 aromatic heterocycles. The standard InChI is InChI=1S/C15H19ClN4O2.C2H4O2/c1-10-13(20-9-19-10)8-18-15(21)12-4-3-11(16)7-14(12)22-6-2-5-17;1-2(3)4/h3-4,7,9H,2,5-6,8,17H2,1H3,(H,18,21)(H,19,20);1H3,(H,3,4). The van der Waals surface area contributed by atoms with E-state index >= 15 is 0 Å². The third-order valence-electron chi connectivity index (χ3n) is 3.15. The SMILES string of the molecule is CC(=O)O.Cc1[nH]cnc1CNC(=O)c1ccc(Cl)cc1OCCCN. The van der Waals surface area contributed by atoms with Crippen LogP contribution in [0.25, 0.3) is 0 Å². The Balaban J connectivity index is 0.000000765. The van der Waals surface area contributed by atoms with Crippen LogP contribution in [0.1, 0.15) is 35.1 Å². The van der Waals surface area contributed by atoms with Crippen molar-refractivity contribution in [3.63, 3.8) is 0 Å². The molecule has 0 aliphatic rings. The van der Waals surface area contributed by atoms with E-state index in [1.54, 1.807) is 24.5 Å². The summed E-state index contributed by atoms with van der Waals surface area (Å²) in [6.45, 7) is 4.30. The van der Waals surface area contributed by atoms with E-state index in [-0.39, 0.29) is 5.91 Å². The average molecular weight is 383 g/mol. The largest absolute Gasteiger partial charge is 0.493 e. The monoisotopic (exact) mass is 382 g/mol. The summed E-state index contributed by atoms with van der Waals surface area (Å²) >= 11 is 5.96. The number of H-pyrrole nitrogens is 1. The minimum Gasteiger partial charge on any atom is -0.493 e. The van der Waals surface area contributed by atoms with Crippen molar-refractivity contribution in [1.29, 1.82) is 0 Å². The topological polar surface area (TPSA) is 130 Å². The molecule has 1 aromatic carbocycles. The summed E-state index contributed by atoms with van der Waals surface area (Å²) in [5, 5.41) is 10.8. The molecule has 8 nitrogen and oxygen atoms in total. The van der Waals surface area contributed by atoms with Crippen molar-refractivity contribution in [3.05, 3.63) is 46.5 Å². The van der Waals surface area contributed by atoms with Crippen LogP contribution in [0.4, 0.5) is 0 Å². The van der Waals surface area contributed by atoms with Crippen LogP contribution in [0.15, 0.2) is 24.5 Å². The number of halogens is 1. The molecule has 0 bridgehead atoms. The second kappa shape index (κ2) is 11.1. The zero-order valence-electron chi connectivity index (χ0n) is 14.7. The average Bonchev–Trinajstić information content (AvgIpc) is 2.97. The molecule has 0 aliphatic heterocycles. The lowest BCUT2D eigenvalue weighted by Gasteiger charge is -2.12. The van der Waals surface area contributed by atoms with E-state index in [4.69, 9.17) is 32.0 Å². The molecule has 0 saturated heterocycles. The second-order valence-corrected chi connectivity index (χ2v) is 5.74. The second-order valence-electron chi connectivity index (χ2n) is 5.31. The van der Waals surface area contributed by atoms with E-state index in [1.165, 1.54) is 0 Å². The van der Waals surface area contributed by atoms with E-state index in [2.05, 4.69) is 15.3 Å². The summed E-state index contributed by atoms with van der Waals surface area (Å²) in [5.41, 5.74) is 7.61. The summed E-state index contributed by atoms with van der Waals surface area (Å²) in [7, 11) is 0. The molecule has 1 heterocycles. The first-order valence-corrected chi connectivity index (χ1v) is 8.32. The number of nitrogens with one attached hydrogen (secondary N) is 2. The Kier molecular flexibility index (Phi) is 9.18. The predicted molar refractivity (Wildman–Crippen MR) is 98.4 cm³/mol. The van der Waals surface area contributed by atoms with Crippen molar-refractivity contribution in [1.82, 2.24) is 15.3 Å². The highest BCUT2D eigenvalue weighted by Gasteiger charge is 2.14. The van der Waals surface area contributed by atoms with E-state index < -0.39 is 5.97 Å². The van der Waals surface area contributed by atoms with Gasteiger partial charge in [-0.2, -0.15) is 0 Å². The van der Waals surface area contributed by atoms with Crippen LogP contribution in [-0.2, 0) is 11.3 Å². The summed E-state index contributed by atoms with van der Waals surface area (Å²) < 4.78 is 5.59. The number of nitrogens with two attached hydrogens (primary N) is 1. The third kappa shape index (κ3) is 7.54. The van der Waals surface area contributed by atoms with Crippen LogP contribution in [-0.4, -0.2) is 40.1 Å². The number of hydrogen-bond acceptors (Lipinski definition) is 5. The Morgan fingerprint density at radius 1 is 1.42 bits per heavy atom. The maximum Gasteiger partial charge on any atom is 0.300 e. The van der Waals surface area contributed by atoms with Gasteiger partial charge in [0.05, 0.1) is 30.7 Å². The molecule has 0 fully saturated rings. The first-order chi connectivity index (χ1) is 12.3. The molecular formula is C17H23ClN4O4. The van der Waals surface area contributed by atoms with Crippen LogP contribution in [0, 0.1) is 6.92 Å². The van der Waals surface area contributed by atoms with E-state index in [9.17, 15) is 4.79 Å². The molecule has 0 unspecified atom stereocenters. The molecule has 0 aliphatic carbocycles. The molecule has 0 saturated carbocycles. The number of aliphatic carboxylic acids is 1. The van der Waals surface area contributed by atoms with Crippen molar-refractivity contribution < 1.29 is 19.4 Å². The number of rotatable bonds is 7. The van der Waals surface area contributed by atoms with Crippen LogP contribution in [0.2, 0.25) is 5.02 Å². The summed E-state index contributed by atoms with van der Waals surface area (Å²) in [5.74, 6) is -0.612. The first-order valence-electron chi connectivity index (χ1n) is 7.94. The highest BCUT2D eigenvalue weighted by molar-refractivity contribution is 6.30. The van der Waals surface area contributed by atoms with Gasteiger partial charge in [-0.1, -0.05) is 11.6 Å². The Morgan fingerprint density at radius 2 is 2.12 bits per heavy atom. The van der Waals surface area contributed by atoms with Gasteiger partial charge in [-0.25, -0.2) is 4.98 Å². The van der Waals surface area contributed by atoms with E-state index in [1.807, 2.05) is 6.92 Å². The highest BCUT2D eigenvalue weighted by atomic mass is 35.5. The molecule has 26 heavy (non-hydrogen) atoms. The summed E-state index contributed by atoms with van der Waals surface area (Å²) in [4.78, 5) is 28.4. The first kappa shape index (κ1) is 21.5. The number of hydrogen-bond donors (Lipinski definition) is 4. The lowest BCUT2D eigenvalue weighted by atomic mass is 10.2. The lowest BCUT2D eigenvalue weighted by Crippen LogP contribution is -2.24. The van der Waals surface area contributed by atoms with Crippen LogP contribution in [0.3, 0.4) is 0 Å². The summed E-state index contributed by atoms with van der Waals surface area (Å²) in [6, 6.07) is 4.94. The van der Waals surface area contributed by atoms with Crippen LogP contribution >= 0.6 is 11.6 Å². The summed E-state index contributed by atoms with van der Waals surface area (Å²) in [6.07, 6.45) is 2.31. The van der Waals surface area contributed by atoms with Crippen molar-refractivity contribution in [2.75, 3.05) is 13.2 Å². The van der Waals surface area contributed by atoms with Gasteiger partial charge in [0, 0.05) is 17.6 Å². The van der Waals surface area contributed by atoms with E-state index in [0.29, 0.717) is 42.5 Å². The predicted octanol–water partition coefficient (Wildman–Crippen LogP) is 2.12. The fourth-order valence-electron chi connectivity index (χ4n) is 1.89. The fourth-order valence-corrected chi connectivity index (χ4v) is 2.06. The van der Waals surface area contributed by atoms with Gasteiger partial charge in [-0.05, 0) is 38.1 Å². The van der Waals surface area contributed by atoms with Gasteiger partial charge >= 0.3 is 0 Å². The lowest BCUT2D eigenvalue weighted by molar-refractivity contribution is -0.134. The number of amides is 1. The zero-order chi connectivity index (χ0) is 19.5. The van der Waals surface area contributed by atoms with Gasteiger partial charge in [-0.3, -0.25) is 9.59 Å². The van der Waals surface area contributed by atoms with Gasteiger partial charge in [0.1, 0.15) is 5.75 Å². The number of benzene rings is 1. The quantitative estimate of drug-likeness (QED) is 0.542. The molecule has 2 aromatic rings. The molecule has 5 N–H and O–H groups in total. The fraction of sp³-hybridized carbons (Fsp3) is 0.353. The van der Waals surface area contributed by atoms with E-state index in [0.717, 1.165) is 18.3 Å². The zero-order valence-corrected chi connectivity index (χ0v) is 15.5. The highest BCUT2D eigenvalue weighted by Crippen LogP contribution is 2.23. The molecule has 1 amide bonds. The third-order valence-corrected chi connectivity index (χ3v) is 3.38. The van der Waals surface area contributed by atoms with Gasteiger partial charge in [0.15, 0.2) is 0 Å². The molecular weight excluding hydrogens is 360 g/mol. The van der Waals surface area contributed by atoms with Crippen molar-refractivity contribution >= 4 is 23.5 Å². The maximum atomic E-state index is 12.3. The molecule has 9 heteroatoms. The number of imidazole rings is 1. The van der Waals surface area contributed by atoms with Crippen LogP contribution in [0.5, 0.6) is 5.75 Å². The number of carbonyl (C=O) groups excluding carboxylic acids is 1. The molecule has 142 valence electrons. The Bertz CT molecular complexity index is 729. The molecule has 0 spiro atoms. The number of carboxylic acid groups (broad SMARTS) is 1. The van der Waals surface area contributed by atoms with Crippen molar-refractivity contribution in [2.45, 2.75) is 26.8 Å². The smallest absolute Gasteiger partial charge is 0.300 e. The Labute approximate surface area is 156 Å². The maximum absolute atomic E-state index is 12.3. The van der Waals surface area contributed by atoms with Gasteiger partial charge in [-0.15, -0.1) is 0 Å². The van der Waals surface area contributed by atoms with Crippen LogP contribution < -0.4 is 15.8 Å². The number of aryl methyl sites for hydroxylation is 1. The van der Waals surface area contributed by atoms with Crippen molar-refractivity contribution in [2.24, 2.45) is 5.73 Å². The molecule has 0 radical (unpaired) electrons. The number of nitrogens with zero attached hydrogens (tertiary/aromatic N) is 1. The van der Waals surface area contributed by atoms with Gasteiger partial charge in [0.2, 0.25) is 0 Å². The molecule has 2 rings (SSSR count). The number of carboxylic acids is 1. The number of aromatic amines is 1. The minimum atomic E-state index is -0.833. The Hall–Kier alpha value is -2.58. The van der Waals surface area contributed by atoms with Gasteiger partial charge < -0.3 is 25.9 Å². The van der Waals surface area contributed by atoms with Gasteiger partial charge in [0.25, 0.3) is 11.9 Å². The molecule has 0 atom stereocenters. The Morgan fingerprint density at radius 3 is 2.69 bits per heavy atom.